The zero-order valence-corrected chi connectivity index (χ0v) is 12.5. The molecule has 2 rings (SSSR count). The van der Waals surface area contributed by atoms with Crippen LogP contribution in [0, 0.1) is 0 Å². The Labute approximate surface area is 125 Å². The van der Waals surface area contributed by atoms with Crippen LogP contribution in [0.4, 0.5) is 0 Å². The van der Waals surface area contributed by atoms with Crippen LogP contribution in [0.15, 0.2) is 24.3 Å². The predicted molar refractivity (Wildman–Crippen MR) is 79.7 cm³/mol. The first-order chi connectivity index (χ1) is 10.3. The van der Waals surface area contributed by atoms with Crippen molar-refractivity contribution in [2.45, 2.75) is 25.9 Å². The van der Waals surface area contributed by atoms with Crippen LogP contribution in [0.3, 0.4) is 0 Å². The molecule has 0 aliphatic carbocycles. The lowest BCUT2D eigenvalue weighted by atomic mass is 10.2. The van der Waals surface area contributed by atoms with Gasteiger partial charge in [0.05, 0.1) is 31.5 Å². The Balaban J connectivity index is 1.67. The first-order valence-corrected chi connectivity index (χ1v) is 7.52. The highest BCUT2D eigenvalue weighted by Crippen LogP contribution is 2.14. The van der Waals surface area contributed by atoms with Crippen LogP contribution in [0.1, 0.15) is 30.1 Å². The predicted octanol–water partition coefficient (Wildman–Crippen LogP) is 2.01. The molecule has 0 spiro atoms. The molecule has 21 heavy (non-hydrogen) atoms. The molecule has 5 nitrogen and oxygen atoms in total. The summed E-state index contributed by atoms with van der Waals surface area (Å²) in [6.45, 7) is 5.49. The average molecular weight is 293 g/mol. The Kier molecular flexibility index (Phi) is 6.50. The first-order valence-electron chi connectivity index (χ1n) is 7.52. The van der Waals surface area contributed by atoms with Crippen molar-refractivity contribution in [1.29, 1.82) is 0 Å². The number of morpholine rings is 1. The fourth-order valence-electron chi connectivity index (χ4n) is 2.21. The van der Waals surface area contributed by atoms with Crippen LogP contribution >= 0.6 is 0 Å². The molecule has 0 amide bonds. The van der Waals surface area contributed by atoms with E-state index in [1.807, 2.05) is 0 Å². The summed E-state index contributed by atoms with van der Waals surface area (Å²) in [5, 5.41) is 3.31. The van der Waals surface area contributed by atoms with Gasteiger partial charge < -0.3 is 19.5 Å². The Morgan fingerprint density at radius 2 is 2.19 bits per heavy atom. The summed E-state index contributed by atoms with van der Waals surface area (Å²) in [5.74, 6) is 0.469. The lowest BCUT2D eigenvalue weighted by Gasteiger charge is -2.23. The van der Waals surface area contributed by atoms with Crippen molar-refractivity contribution in [2.75, 3.05) is 32.9 Å². The summed E-state index contributed by atoms with van der Waals surface area (Å²) < 4.78 is 16.2. The van der Waals surface area contributed by atoms with Gasteiger partial charge in [-0.05, 0) is 44.0 Å². The van der Waals surface area contributed by atoms with E-state index in [0.29, 0.717) is 24.9 Å². The van der Waals surface area contributed by atoms with E-state index in [2.05, 4.69) is 5.32 Å². The van der Waals surface area contributed by atoms with Crippen molar-refractivity contribution in [3.05, 3.63) is 29.8 Å². The number of hydrogen-bond donors (Lipinski definition) is 1. The van der Waals surface area contributed by atoms with E-state index in [9.17, 15) is 4.79 Å². The van der Waals surface area contributed by atoms with E-state index in [4.69, 9.17) is 14.2 Å². The zero-order chi connectivity index (χ0) is 14.9. The molecular weight excluding hydrogens is 270 g/mol. The Morgan fingerprint density at radius 1 is 1.38 bits per heavy atom. The maximum atomic E-state index is 11.5. The van der Waals surface area contributed by atoms with E-state index in [1.54, 1.807) is 31.2 Å². The second kappa shape index (κ2) is 8.64. The third kappa shape index (κ3) is 5.36. The minimum atomic E-state index is -0.300. The molecule has 1 aromatic carbocycles. The molecule has 5 heteroatoms. The van der Waals surface area contributed by atoms with Gasteiger partial charge in [-0.1, -0.05) is 0 Å². The fraction of sp³-hybridized carbons (Fsp3) is 0.562. The molecule has 0 radical (unpaired) electrons. The maximum absolute atomic E-state index is 11.5. The summed E-state index contributed by atoms with van der Waals surface area (Å²) in [5.41, 5.74) is 0.547. The number of benzene rings is 1. The van der Waals surface area contributed by atoms with Crippen molar-refractivity contribution in [2.24, 2.45) is 0 Å². The molecule has 1 atom stereocenters. The summed E-state index contributed by atoms with van der Waals surface area (Å²) in [4.78, 5) is 11.5. The first kappa shape index (κ1) is 15.8. The average Bonchev–Trinajstić information content (AvgIpc) is 2.53. The van der Waals surface area contributed by atoms with Gasteiger partial charge in [-0.3, -0.25) is 0 Å². The standard InChI is InChI=1S/C16H23NO4/c1-2-19-16(18)13-5-7-14(8-6-13)20-10-3-4-15-12-17-9-11-21-15/h5-8,15,17H,2-4,9-12H2,1H3. The van der Waals surface area contributed by atoms with Crippen molar-refractivity contribution in [3.8, 4) is 5.75 Å². The maximum Gasteiger partial charge on any atom is 0.338 e. The highest BCUT2D eigenvalue weighted by molar-refractivity contribution is 5.89. The molecule has 1 aliphatic heterocycles. The highest BCUT2D eigenvalue weighted by atomic mass is 16.5. The van der Waals surface area contributed by atoms with Crippen molar-refractivity contribution in [1.82, 2.24) is 5.32 Å². The van der Waals surface area contributed by atoms with Crippen molar-refractivity contribution >= 4 is 5.97 Å². The smallest absolute Gasteiger partial charge is 0.338 e. The number of nitrogens with one attached hydrogen (secondary N) is 1. The number of esters is 1. The Morgan fingerprint density at radius 3 is 2.86 bits per heavy atom. The third-order valence-corrected chi connectivity index (χ3v) is 3.31. The lowest BCUT2D eigenvalue weighted by Crippen LogP contribution is -2.38. The summed E-state index contributed by atoms with van der Waals surface area (Å²) in [7, 11) is 0. The fourth-order valence-corrected chi connectivity index (χ4v) is 2.21. The van der Waals surface area contributed by atoms with Crippen molar-refractivity contribution in [3.63, 3.8) is 0 Å². The molecule has 116 valence electrons. The van der Waals surface area contributed by atoms with E-state index < -0.39 is 0 Å². The molecule has 1 aromatic rings. The summed E-state index contributed by atoms with van der Waals surface area (Å²) in [6.07, 6.45) is 2.24. The SMILES string of the molecule is CCOC(=O)c1ccc(OCCCC2CNCCO2)cc1. The molecular formula is C16H23NO4. The second-order valence-electron chi connectivity index (χ2n) is 4.93. The molecule has 1 fully saturated rings. The van der Waals surface area contributed by atoms with Gasteiger partial charge in [0, 0.05) is 13.1 Å². The van der Waals surface area contributed by atoms with E-state index in [-0.39, 0.29) is 5.97 Å². The van der Waals surface area contributed by atoms with Crippen LogP contribution < -0.4 is 10.1 Å². The molecule has 1 unspecified atom stereocenters. The number of hydrogen-bond acceptors (Lipinski definition) is 5. The number of ether oxygens (including phenoxy) is 3. The molecule has 0 bridgehead atoms. The quantitative estimate of drug-likeness (QED) is 0.615. The van der Waals surface area contributed by atoms with Gasteiger partial charge in [0.2, 0.25) is 0 Å². The summed E-state index contributed by atoms with van der Waals surface area (Å²) in [6, 6.07) is 7.04. The zero-order valence-electron chi connectivity index (χ0n) is 12.5. The molecule has 1 heterocycles. The third-order valence-electron chi connectivity index (χ3n) is 3.31. The van der Waals surface area contributed by atoms with Gasteiger partial charge in [0.1, 0.15) is 5.75 Å². The van der Waals surface area contributed by atoms with Gasteiger partial charge >= 0.3 is 5.97 Å². The Hall–Kier alpha value is -1.59. The lowest BCUT2D eigenvalue weighted by molar-refractivity contribution is 0.0204. The molecule has 0 saturated carbocycles. The van der Waals surface area contributed by atoms with E-state index >= 15 is 0 Å². The largest absolute Gasteiger partial charge is 0.494 e. The molecule has 1 aliphatic rings. The van der Waals surface area contributed by atoms with Crippen LogP contribution in [-0.4, -0.2) is 45.0 Å². The number of carbonyl (C=O) groups is 1. The Bertz CT molecular complexity index is 426. The van der Waals surface area contributed by atoms with Crippen LogP contribution in [-0.2, 0) is 9.47 Å². The number of carbonyl (C=O) groups excluding carboxylic acids is 1. The number of rotatable bonds is 7. The van der Waals surface area contributed by atoms with E-state index in [1.165, 1.54) is 0 Å². The molecule has 1 N–H and O–H groups in total. The van der Waals surface area contributed by atoms with Gasteiger partial charge in [0.25, 0.3) is 0 Å². The summed E-state index contributed by atoms with van der Waals surface area (Å²) >= 11 is 0. The topological polar surface area (TPSA) is 56.8 Å². The van der Waals surface area contributed by atoms with Crippen LogP contribution in [0.25, 0.3) is 0 Å². The second-order valence-corrected chi connectivity index (χ2v) is 4.93. The minimum absolute atomic E-state index is 0.300. The van der Waals surface area contributed by atoms with Crippen LogP contribution in [0.5, 0.6) is 5.75 Å². The van der Waals surface area contributed by atoms with E-state index in [0.717, 1.165) is 38.3 Å². The van der Waals surface area contributed by atoms with Crippen molar-refractivity contribution < 1.29 is 19.0 Å². The normalized spacial score (nSPS) is 18.2. The molecule has 1 saturated heterocycles. The van der Waals surface area contributed by atoms with Crippen LogP contribution in [0.2, 0.25) is 0 Å². The van der Waals surface area contributed by atoms with Gasteiger partial charge in [-0.25, -0.2) is 4.79 Å². The molecule has 0 aromatic heterocycles. The van der Waals surface area contributed by atoms with Gasteiger partial charge in [-0.15, -0.1) is 0 Å². The van der Waals surface area contributed by atoms with Gasteiger partial charge in [-0.2, -0.15) is 0 Å². The monoisotopic (exact) mass is 293 g/mol. The highest BCUT2D eigenvalue weighted by Gasteiger charge is 2.12. The minimum Gasteiger partial charge on any atom is -0.494 e. The van der Waals surface area contributed by atoms with Gasteiger partial charge in [0.15, 0.2) is 0 Å².